The van der Waals surface area contributed by atoms with E-state index in [-0.39, 0.29) is 11.2 Å². The van der Waals surface area contributed by atoms with Crippen LogP contribution < -0.4 is 0 Å². The van der Waals surface area contributed by atoms with Crippen molar-refractivity contribution in [2.24, 2.45) is 5.41 Å². The third kappa shape index (κ3) is 2.95. The Bertz CT molecular complexity index is 561. The van der Waals surface area contributed by atoms with E-state index < -0.39 is 0 Å². The van der Waals surface area contributed by atoms with Crippen molar-refractivity contribution in [1.82, 2.24) is 4.98 Å². The van der Waals surface area contributed by atoms with Crippen molar-refractivity contribution in [3.8, 4) is 0 Å². The van der Waals surface area contributed by atoms with E-state index in [4.69, 9.17) is 0 Å². The van der Waals surface area contributed by atoms with E-state index in [9.17, 15) is 4.79 Å². The Balaban J connectivity index is 2.28. The number of Topliss-reactive ketones (excluding diaryl/α,β-unsaturated/α-hetero) is 1. The molecule has 1 aromatic carbocycles. The van der Waals surface area contributed by atoms with E-state index in [1.807, 2.05) is 30.3 Å². The fraction of sp³-hybridized carbons (Fsp3) is 0.375. The minimum atomic E-state index is 0.140. The van der Waals surface area contributed by atoms with Crippen molar-refractivity contribution in [3.05, 3.63) is 42.2 Å². The largest absolute Gasteiger partial charge is 0.292 e. The lowest BCUT2D eigenvalue weighted by Crippen LogP contribution is -2.10. The van der Waals surface area contributed by atoms with Gasteiger partial charge in [-0.3, -0.25) is 9.78 Å². The molecule has 2 nitrogen and oxygen atoms in total. The molecule has 0 amide bonds. The van der Waals surface area contributed by atoms with Gasteiger partial charge in [-0.25, -0.2) is 0 Å². The van der Waals surface area contributed by atoms with Crippen LogP contribution >= 0.6 is 0 Å². The molecular formula is C16H19NO. The standard InChI is InChI=1S/C16H19NO/c1-16(2,3)10-8-14(18)15-13-7-5-4-6-12(13)9-11-17-15/h4-7,9,11H,8,10H2,1-3H3. The quantitative estimate of drug-likeness (QED) is 0.752. The van der Waals surface area contributed by atoms with E-state index in [2.05, 4.69) is 25.8 Å². The normalized spacial score (nSPS) is 11.7. The number of carbonyl (C=O) groups excluding carboxylic acids is 1. The van der Waals surface area contributed by atoms with Crippen LogP contribution in [-0.2, 0) is 0 Å². The number of hydrogen-bond donors (Lipinski definition) is 0. The Hall–Kier alpha value is -1.70. The molecule has 0 aliphatic carbocycles. The summed E-state index contributed by atoms with van der Waals surface area (Å²) < 4.78 is 0. The van der Waals surface area contributed by atoms with Crippen LogP contribution in [0.25, 0.3) is 10.8 Å². The third-order valence-corrected chi connectivity index (χ3v) is 3.04. The first kappa shape index (κ1) is 12.7. The molecule has 0 bridgehead atoms. The zero-order chi connectivity index (χ0) is 13.2. The number of fused-ring (bicyclic) bond motifs is 1. The first-order valence-corrected chi connectivity index (χ1v) is 6.34. The Morgan fingerprint density at radius 1 is 1.17 bits per heavy atom. The summed E-state index contributed by atoms with van der Waals surface area (Å²) in [5.41, 5.74) is 0.789. The van der Waals surface area contributed by atoms with Gasteiger partial charge in [0.05, 0.1) is 0 Å². The molecule has 0 atom stereocenters. The van der Waals surface area contributed by atoms with Crippen LogP contribution in [-0.4, -0.2) is 10.8 Å². The zero-order valence-corrected chi connectivity index (χ0v) is 11.2. The molecule has 18 heavy (non-hydrogen) atoms. The average Bonchev–Trinajstić information content (AvgIpc) is 2.34. The maximum absolute atomic E-state index is 12.2. The Morgan fingerprint density at radius 2 is 1.89 bits per heavy atom. The van der Waals surface area contributed by atoms with Crippen molar-refractivity contribution >= 4 is 16.6 Å². The number of benzene rings is 1. The third-order valence-electron chi connectivity index (χ3n) is 3.04. The lowest BCUT2D eigenvalue weighted by Gasteiger charge is -2.17. The summed E-state index contributed by atoms with van der Waals surface area (Å²) in [7, 11) is 0. The number of rotatable bonds is 3. The number of nitrogens with zero attached hydrogens (tertiary/aromatic N) is 1. The van der Waals surface area contributed by atoms with Crippen molar-refractivity contribution in [2.75, 3.05) is 0 Å². The Kier molecular flexibility index (Phi) is 3.46. The lowest BCUT2D eigenvalue weighted by molar-refractivity contribution is 0.0963. The maximum Gasteiger partial charge on any atom is 0.181 e. The van der Waals surface area contributed by atoms with Gasteiger partial charge in [-0.15, -0.1) is 0 Å². The first-order chi connectivity index (χ1) is 8.47. The fourth-order valence-corrected chi connectivity index (χ4v) is 1.95. The number of hydrogen-bond acceptors (Lipinski definition) is 2. The van der Waals surface area contributed by atoms with E-state index in [0.717, 1.165) is 17.2 Å². The van der Waals surface area contributed by atoms with Gasteiger partial charge in [-0.2, -0.15) is 0 Å². The molecule has 1 heterocycles. The van der Waals surface area contributed by atoms with Crippen LogP contribution in [0, 0.1) is 5.41 Å². The van der Waals surface area contributed by atoms with E-state index in [0.29, 0.717) is 12.1 Å². The highest BCUT2D eigenvalue weighted by molar-refractivity contribution is 6.06. The molecule has 0 fully saturated rings. The predicted octanol–water partition coefficient (Wildman–Crippen LogP) is 4.24. The van der Waals surface area contributed by atoms with Gasteiger partial charge >= 0.3 is 0 Å². The molecule has 0 N–H and O–H groups in total. The van der Waals surface area contributed by atoms with Crippen LogP contribution in [0.1, 0.15) is 44.1 Å². The molecule has 0 saturated heterocycles. The second kappa shape index (κ2) is 4.89. The number of ketones is 1. The minimum absolute atomic E-state index is 0.140. The molecule has 1 aromatic heterocycles. The summed E-state index contributed by atoms with van der Waals surface area (Å²) in [5, 5.41) is 2.03. The summed E-state index contributed by atoms with van der Waals surface area (Å²) in [6, 6.07) is 9.84. The summed E-state index contributed by atoms with van der Waals surface area (Å²) in [5.74, 6) is 0.140. The van der Waals surface area contributed by atoms with Crippen molar-refractivity contribution in [2.45, 2.75) is 33.6 Å². The molecule has 0 aliphatic rings. The monoisotopic (exact) mass is 241 g/mol. The molecule has 0 spiro atoms. The van der Waals surface area contributed by atoms with Crippen LogP contribution in [0.5, 0.6) is 0 Å². The van der Waals surface area contributed by atoms with Gasteiger partial charge in [0.2, 0.25) is 0 Å². The van der Waals surface area contributed by atoms with Crippen molar-refractivity contribution in [1.29, 1.82) is 0 Å². The maximum atomic E-state index is 12.2. The van der Waals surface area contributed by atoms with Gasteiger partial charge in [0, 0.05) is 18.0 Å². The molecule has 2 aromatic rings. The van der Waals surface area contributed by atoms with Gasteiger partial charge in [-0.05, 0) is 23.3 Å². The number of aromatic nitrogens is 1. The van der Waals surface area contributed by atoms with Crippen LogP contribution in [0.4, 0.5) is 0 Å². The molecule has 0 radical (unpaired) electrons. The molecular weight excluding hydrogens is 222 g/mol. The molecule has 0 aliphatic heterocycles. The molecule has 0 unspecified atom stereocenters. The van der Waals surface area contributed by atoms with E-state index in [1.54, 1.807) is 6.20 Å². The number of carbonyl (C=O) groups is 1. The molecule has 94 valence electrons. The molecule has 0 saturated carbocycles. The predicted molar refractivity (Wildman–Crippen MR) is 74.8 cm³/mol. The van der Waals surface area contributed by atoms with Crippen molar-refractivity contribution in [3.63, 3.8) is 0 Å². The van der Waals surface area contributed by atoms with Gasteiger partial charge in [0.15, 0.2) is 5.78 Å². The highest BCUT2D eigenvalue weighted by atomic mass is 16.1. The lowest BCUT2D eigenvalue weighted by atomic mass is 9.89. The van der Waals surface area contributed by atoms with Gasteiger partial charge in [0.25, 0.3) is 0 Å². The van der Waals surface area contributed by atoms with E-state index in [1.165, 1.54) is 0 Å². The Labute approximate surface area is 108 Å². The van der Waals surface area contributed by atoms with Gasteiger partial charge in [0.1, 0.15) is 5.69 Å². The van der Waals surface area contributed by atoms with Gasteiger partial charge < -0.3 is 0 Å². The minimum Gasteiger partial charge on any atom is -0.292 e. The second-order valence-electron chi connectivity index (χ2n) is 5.86. The smallest absolute Gasteiger partial charge is 0.181 e. The highest BCUT2D eigenvalue weighted by Gasteiger charge is 2.16. The van der Waals surface area contributed by atoms with Crippen molar-refractivity contribution < 1.29 is 4.79 Å². The summed E-state index contributed by atoms with van der Waals surface area (Å²) >= 11 is 0. The van der Waals surface area contributed by atoms with Gasteiger partial charge in [-0.1, -0.05) is 45.0 Å². The SMILES string of the molecule is CC(C)(C)CCC(=O)c1nccc2ccccc12. The van der Waals surface area contributed by atoms with Crippen LogP contribution in [0.3, 0.4) is 0 Å². The average molecular weight is 241 g/mol. The van der Waals surface area contributed by atoms with Crippen LogP contribution in [0.15, 0.2) is 36.5 Å². The zero-order valence-electron chi connectivity index (χ0n) is 11.2. The summed E-state index contributed by atoms with van der Waals surface area (Å²) in [6.45, 7) is 6.45. The Morgan fingerprint density at radius 3 is 2.61 bits per heavy atom. The highest BCUT2D eigenvalue weighted by Crippen LogP contribution is 2.23. The molecule has 2 rings (SSSR count). The number of pyridine rings is 1. The van der Waals surface area contributed by atoms with Crippen LogP contribution in [0.2, 0.25) is 0 Å². The van der Waals surface area contributed by atoms with E-state index >= 15 is 0 Å². The topological polar surface area (TPSA) is 30.0 Å². The molecule has 2 heteroatoms. The second-order valence-corrected chi connectivity index (χ2v) is 5.86. The summed E-state index contributed by atoms with van der Waals surface area (Å²) in [4.78, 5) is 16.5. The summed E-state index contributed by atoms with van der Waals surface area (Å²) in [6.07, 6.45) is 3.16. The first-order valence-electron chi connectivity index (χ1n) is 6.34. The fourth-order valence-electron chi connectivity index (χ4n) is 1.95.